The molecule has 0 N–H and O–H groups in total. The number of hydrogen-bond acceptors (Lipinski definition) is 5. The Morgan fingerprint density at radius 2 is 1.56 bits per heavy atom. The first-order valence-electron chi connectivity index (χ1n) is 11.9. The van der Waals surface area contributed by atoms with Gasteiger partial charge in [0.1, 0.15) is 12.1 Å². The summed E-state index contributed by atoms with van der Waals surface area (Å²) in [5, 5.41) is 0. The van der Waals surface area contributed by atoms with Crippen LogP contribution in [0.2, 0.25) is 0 Å². The van der Waals surface area contributed by atoms with Gasteiger partial charge in [0, 0.05) is 39.3 Å². The number of likely N-dealkylation sites (N-methyl/N-ethyl adjacent to an activating group) is 1. The van der Waals surface area contributed by atoms with Crippen molar-refractivity contribution in [2.24, 2.45) is 0 Å². The summed E-state index contributed by atoms with van der Waals surface area (Å²) in [5.41, 5.74) is 3.82. The number of oxazole rings is 1. The first kappa shape index (κ1) is 24.1. The fourth-order valence-electron chi connectivity index (χ4n) is 4.13. The van der Waals surface area contributed by atoms with Gasteiger partial charge in [0.2, 0.25) is 5.89 Å². The van der Waals surface area contributed by atoms with Crippen molar-refractivity contribution in [1.29, 1.82) is 0 Å². The van der Waals surface area contributed by atoms with Gasteiger partial charge in [-0.2, -0.15) is 0 Å². The summed E-state index contributed by atoms with van der Waals surface area (Å²) in [6, 6.07) is 15.1. The van der Waals surface area contributed by atoms with Crippen LogP contribution < -0.4 is 0 Å². The molecule has 0 aliphatic carbocycles. The Labute approximate surface area is 201 Å². The van der Waals surface area contributed by atoms with Gasteiger partial charge in [0.25, 0.3) is 5.91 Å². The maximum absolute atomic E-state index is 13.4. The number of aromatic nitrogens is 1. The molecule has 2 aromatic carbocycles. The molecule has 0 unspecified atom stereocenters. The van der Waals surface area contributed by atoms with Crippen molar-refractivity contribution < 1.29 is 13.6 Å². The van der Waals surface area contributed by atoms with Crippen molar-refractivity contribution in [2.45, 2.75) is 39.4 Å². The summed E-state index contributed by atoms with van der Waals surface area (Å²) in [6.45, 7) is 9.20. The average molecular weight is 465 g/mol. The smallest absolute Gasteiger partial charge is 0.275 e. The molecule has 7 heteroatoms. The fourth-order valence-corrected chi connectivity index (χ4v) is 4.13. The molecule has 4 rings (SSSR count). The molecule has 2 heterocycles. The van der Waals surface area contributed by atoms with E-state index >= 15 is 0 Å². The standard InChI is InChI=1S/C27H33FN4O2/c1-20(2)23-8-4-21(5-9-23)16-31(17-22-6-10-24(28)11-7-22)18-26-29-25(19-34-26)27(33)32-14-12-30(3)13-15-32/h4-11,19-20H,12-18H2,1-3H3. The topological polar surface area (TPSA) is 52.8 Å². The van der Waals surface area contributed by atoms with Gasteiger partial charge in [-0.25, -0.2) is 9.37 Å². The van der Waals surface area contributed by atoms with Gasteiger partial charge >= 0.3 is 0 Å². The van der Waals surface area contributed by atoms with E-state index in [1.165, 1.54) is 29.5 Å². The highest BCUT2D eigenvalue weighted by Crippen LogP contribution is 2.19. The number of benzene rings is 2. The zero-order chi connectivity index (χ0) is 24.1. The van der Waals surface area contributed by atoms with Crippen LogP contribution in [0.25, 0.3) is 0 Å². The minimum absolute atomic E-state index is 0.0857. The van der Waals surface area contributed by atoms with E-state index in [1.807, 2.05) is 4.90 Å². The lowest BCUT2D eigenvalue weighted by Gasteiger charge is -2.31. The van der Waals surface area contributed by atoms with Gasteiger partial charge in [0.05, 0.1) is 6.54 Å². The van der Waals surface area contributed by atoms with Crippen molar-refractivity contribution in [3.05, 3.63) is 88.9 Å². The third-order valence-electron chi connectivity index (χ3n) is 6.29. The number of carbonyl (C=O) groups excluding carboxylic acids is 1. The number of nitrogens with zero attached hydrogens (tertiary/aromatic N) is 4. The van der Waals surface area contributed by atoms with Crippen molar-refractivity contribution in [1.82, 2.24) is 19.7 Å². The molecule has 1 amide bonds. The van der Waals surface area contributed by atoms with Gasteiger partial charge in [-0.1, -0.05) is 50.2 Å². The van der Waals surface area contributed by atoms with E-state index < -0.39 is 0 Å². The van der Waals surface area contributed by atoms with Crippen LogP contribution in [0.4, 0.5) is 4.39 Å². The van der Waals surface area contributed by atoms with Crippen LogP contribution in [0, 0.1) is 5.82 Å². The Bertz CT molecular complexity index is 1070. The summed E-state index contributed by atoms with van der Waals surface area (Å²) in [7, 11) is 2.06. The molecule has 1 aromatic heterocycles. The van der Waals surface area contributed by atoms with E-state index in [1.54, 1.807) is 12.1 Å². The number of halogens is 1. The molecular formula is C27H33FN4O2. The highest BCUT2D eigenvalue weighted by molar-refractivity contribution is 5.92. The van der Waals surface area contributed by atoms with Gasteiger partial charge in [-0.05, 0) is 41.8 Å². The lowest BCUT2D eigenvalue weighted by atomic mass is 10.0. The van der Waals surface area contributed by atoms with Crippen molar-refractivity contribution >= 4 is 5.91 Å². The van der Waals surface area contributed by atoms with E-state index in [0.29, 0.717) is 50.2 Å². The van der Waals surface area contributed by atoms with Crippen molar-refractivity contribution in [3.63, 3.8) is 0 Å². The third kappa shape index (κ3) is 6.30. The van der Waals surface area contributed by atoms with Crippen LogP contribution in [0.1, 0.15) is 52.8 Å². The van der Waals surface area contributed by atoms with Gasteiger partial charge in [-0.15, -0.1) is 0 Å². The summed E-state index contributed by atoms with van der Waals surface area (Å²) in [6.07, 6.45) is 1.46. The average Bonchev–Trinajstić information content (AvgIpc) is 3.29. The molecule has 1 aliphatic rings. The maximum Gasteiger partial charge on any atom is 0.275 e. The second-order valence-electron chi connectivity index (χ2n) is 9.39. The van der Waals surface area contributed by atoms with E-state index in [2.05, 4.69) is 59.9 Å². The van der Waals surface area contributed by atoms with Crippen molar-refractivity contribution in [3.8, 4) is 0 Å². The largest absolute Gasteiger partial charge is 0.447 e. The summed E-state index contributed by atoms with van der Waals surface area (Å²) >= 11 is 0. The van der Waals surface area contributed by atoms with E-state index in [0.717, 1.165) is 18.7 Å². The van der Waals surface area contributed by atoms with Crippen LogP contribution in [0.3, 0.4) is 0 Å². The van der Waals surface area contributed by atoms with Crippen LogP contribution in [-0.2, 0) is 19.6 Å². The Morgan fingerprint density at radius 1 is 0.971 bits per heavy atom. The van der Waals surface area contributed by atoms with E-state index in [9.17, 15) is 9.18 Å². The predicted molar refractivity (Wildman–Crippen MR) is 130 cm³/mol. The first-order chi connectivity index (χ1) is 16.4. The monoisotopic (exact) mass is 464 g/mol. The lowest BCUT2D eigenvalue weighted by Crippen LogP contribution is -2.47. The van der Waals surface area contributed by atoms with Gasteiger partial charge < -0.3 is 14.2 Å². The van der Waals surface area contributed by atoms with Crippen LogP contribution >= 0.6 is 0 Å². The van der Waals surface area contributed by atoms with Crippen molar-refractivity contribution in [2.75, 3.05) is 33.2 Å². The Balaban J connectivity index is 1.47. The van der Waals surface area contributed by atoms with Crippen LogP contribution in [0.15, 0.2) is 59.2 Å². The number of piperazine rings is 1. The van der Waals surface area contributed by atoms with E-state index in [-0.39, 0.29) is 11.7 Å². The number of amides is 1. The molecule has 1 aliphatic heterocycles. The highest BCUT2D eigenvalue weighted by Gasteiger charge is 2.23. The molecule has 3 aromatic rings. The number of carbonyl (C=O) groups is 1. The first-order valence-corrected chi connectivity index (χ1v) is 11.9. The quantitative estimate of drug-likeness (QED) is 0.490. The molecule has 0 bridgehead atoms. The normalized spacial score (nSPS) is 14.8. The molecule has 180 valence electrons. The molecule has 0 saturated carbocycles. The van der Waals surface area contributed by atoms with Crippen LogP contribution in [0.5, 0.6) is 0 Å². The lowest BCUT2D eigenvalue weighted by molar-refractivity contribution is 0.0658. The Kier molecular flexibility index (Phi) is 7.75. The SMILES string of the molecule is CC(C)c1ccc(CN(Cc2ccc(F)cc2)Cc2nc(C(=O)N3CCN(C)CC3)co2)cc1. The highest BCUT2D eigenvalue weighted by atomic mass is 19.1. The molecule has 34 heavy (non-hydrogen) atoms. The van der Waals surface area contributed by atoms with Crippen LogP contribution in [-0.4, -0.2) is 58.8 Å². The minimum atomic E-state index is -0.251. The minimum Gasteiger partial charge on any atom is -0.447 e. The summed E-state index contributed by atoms with van der Waals surface area (Å²) < 4.78 is 19.1. The molecule has 1 fully saturated rings. The third-order valence-corrected chi connectivity index (χ3v) is 6.29. The molecular weight excluding hydrogens is 431 g/mol. The van der Waals surface area contributed by atoms with E-state index in [4.69, 9.17) is 4.42 Å². The predicted octanol–water partition coefficient (Wildman–Crippen LogP) is 4.53. The summed E-state index contributed by atoms with van der Waals surface area (Å²) in [4.78, 5) is 23.6. The number of rotatable bonds is 8. The molecule has 1 saturated heterocycles. The van der Waals surface area contributed by atoms with Gasteiger partial charge in [-0.3, -0.25) is 9.69 Å². The molecule has 0 atom stereocenters. The second kappa shape index (κ2) is 10.9. The summed E-state index contributed by atoms with van der Waals surface area (Å²) in [5.74, 6) is 0.642. The maximum atomic E-state index is 13.4. The molecule has 6 nitrogen and oxygen atoms in total. The Morgan fingerprint density at radius 3 is 2.15 bits per heavy atom. The second-order valence-corrected chi connectivity index (χ2v) is 9.39. The van der Waals surface area contributed by atoms with Gasteiger partial charge in [0.15, 0.2) is 5.69 Å². The fraction of sp³-hybridized carbons (Fsp3) is 0.407. The zero-order valence-electron chi connectivity index (χ0n) is 20.2. The Hall–Kier alpha value is -3.03. The number of hydrogen-bond donors (Lipinski definition) is 0. The molecule has 0 radical (unpaired) electrons. The zero-order valence-corrected chi connectivity index (χ0v) is 20.2. The molecule has 0 spiro atoms.